The number of nitrogens with zero attached hydrogens (tertiary/aromatic N) is 1. The minimum atomic E-state index is 0.956. The SMILES string of the molecule is C=C(C)/C(C)=C(/NC)N(C)c1cccc(S)c1. The van der Waals surface area contributed by atoms with Crippen LogP contribution in [0.25, 0.3) is 0 Å². The molecule has 0 amide bonds. The predicted molar refractivity (Wildman–Crippen MR) is 78.7 cm³/mol. The van der Waals surface area contributed by atoms with E-state index < -0.39 is 0 Å². The van der Waals surface area contributed by atoms with Gasteiger partial charge in [0.15, 0.2) is 0 Å². The van der Waals surface area contributed by atoms with Gasteiger partial charge in [-0.1, -0.05) is 18.2 Å². The Bertz CT molecular complexity index is 449. The van der Waals surface area contributed by atoms with Crippen LogP contribution in [0.4, 0.5) is 5.69 Å². The second-order valence-electron chi connectivity index (χ2n) is 4.08. The zero-order valence-electron chi connectivity index (χ0n) is 10.9. The number of allylic oxidation sites excluding steroid dienone is 2. The molecule has 0 heterocycles. The number of hydrogen-bond donors (Lipinski definition) is 2. The molecule has 3 heteroatoms. The largest absolute Gasteiger partial charge is 0.374 e. The van der Waals surface area contributed by atoms with Gasteiger partial charge in [0.05, 0.1) is 0 Å². The first-order valence-electron chi connectivity index (χ1n) is 5.54. The van der Waals surface area contributed by atoms with Crippen LogP contribution in [0, 0.1) is 0 Å². The fourth-order valence-corrected chi connectivity index (χ4v) is 1.86. The summed E-state index contributed by atoms with van der Waals surface area (Å²) in [5.41, 5.74) is 3.31. The van der Waals surface area contributed by atoms with Crippen LogP contribution in [-0.4, -0.2) is 14.1 Å². The van der Waals surface area contributed by atoms with Crippen molar-refractivity contribution in [3.05, 3.63) is 47.8 Å². The van der Waals surface area contributed by atoms with Gasteiger partial charge in [0.1, 0.15) is 5.82 Å². The van der Waals surface area contributed by atoms with Gasteiger partial charge in [-0.25, -0.2) is 0 Å². The van der Waals surface area contributed by atoms with Gasteiger partial charge in [0, 0.05) is 24.7 Å². The third-order valence-corrected chi connectivity index (χ3v) is 3.06. The highest BCUT2D eigenvalue weighted by molar-refractivity contribution is 7.80. The van der Waals surface area contributed by atoms with E-state index in [9.17, 15) is 0 Å². The number of benzene rings is 1. The van der Waals surface area contributed by atoms with Gasteiger partial charge in [0.2, 0.25) is 0 Å². The predicted octanol–water partition coefficient (Wildman–Crippen LogP) is 3.44. The molecule has 92 valence electrons. The normalized spacial score (nSPS) is 11.8. The Labute approximate surface area is 109 Å². The van der Waals surface area contributed by atoms with Gasteiger partial charge in [-0.15, -0.1) is 12.6 Å². The van der Waals surface area contributed by atoms with Gasteiger partial charge in [-0.2, -0.15) is 0 Å². The lowest BCUT2D eigenvalue weighted by molar-refractivity contribution is 0.878. The lowest BCUT2D eigenvalue weighted by Crippen LogP contribution is -2.27. The van der Waals surface area contributed by atoms with Gasteiger partial charge < -0.3 is 10.2 Å². The molecular formula is C14H20N2S. The quantitative estimate of drug-likeness (QED) is 0.627. The molecule has 0 fully saturated rings. The number of thiol groups is 1. The van der Waals surface area contributed by atoms with Crippen molar-refractivity contribution in [1.82, 2.24) is 5.32 Å². The van der Waals surface area contributed by atoms with Gasteiger partial charge in [0.25, 0.3) is 0 Å². The maximum absolute atomic E-state index is 4.36. The van der Waals surface area contributed by atoms with Crippen molar-refractivity contribution in [2.75, 3.05) is 19.0 Å². The van der Waals surface area contributed by atoms with Crippen LogP contribution in [-0.2, 0) is 0 Å². The van der Waals surface area contributed by atoms with Crippen molar-refractivity contribution < 1.29 is 0 Å². The molecule has 0 aliphatic heterocycles. The van der Waals surface area contributed by atoms with E-state index in [2.05, 4.69) is 42.4 Å². The molecule has 1 aromatic rings. The van der Waals surface area contributed by atoms with Crippen LogP contribution in [0.1, 0.15) is 13.8 Å². The van der Waals surface area contributed by atoms with Crippen molar-refractivity contribution in [1.29, 1.82) is 0 Å². The highest BCUT2D eigenvalue weighted by Gasteiger charge is 2.09. The summed E-state index contributed by atoms with van der Waals surface area (Å²) in [6.07, 6.45) is 0. The smallest absolute Gasteiger partial charge is 0.108 e. The molecule has 0 saturated heterocycles. The highest BCUT2D eigenvalue weighted by atomic mass is 32.1. The third-order valence-electron chi connectivity index (χ3n) is 2.78. The number of anilines is 1. The number of nitrogens with one attached hydrogen (secondary N) is 1. The van der Waals surface area contributed by atoms with E-state index in [1.54, 1.807) is 0 Å². The summed E-state index contributed by atoms with van der Waals surface area (Å²) in [5, 5.41) is 3.22. The first kappa shape index (κ1) is 13.7. The van der Waals surface area contributed by atoms with Gasteiger partial charge in [-0.05, 0) is 37.6 Å². The lowest BCUT2D eigenvalue weighted by atomic mass is 10.1. The molecule has 0 unspecified atom stereocenters. The molecule has 0 aliphatic carbocycles. The second kappa shape index (κ2) is 5.82. The summed E-state index contributed by atoms with van der Waals surface area (Å²) in [7, 11) is 3.95. The molecular weight excluding hydrogens is 228 g/mol. The summed E-state index contributed by atoms with van der Waals surface area (Å²) in [4.78, 5) is 3.06. The summed E-state index contributed by atoms with van der Waals surface area (Å²) >= 11 is 4.36. The zero-order chi connectivity index (χ0) is 13.0. The monoisotopic (exact) mass is 248 g/mol. The summed E-state index contributed by atoms with van der Waals surface area (Å²) in [5.74, 6) is 1.05. The molecule has 1 aromatic carbocycles. The maximum Gasteiger partial charge on any atom is 0.108 e. The fraction of sp³-hybridized carbons (Fsp3) is 0.286. The zero-order valence-corrected chi connectivity index (χ0v) is 11.8. The van der Waals surface area contributed by atoms with Gasteiger partial charge >= 0.3 is 0 Å². The van der Waals surface area contributed by atoms with Crippen molar-refractivity contribution in [3.63, 3.8) is 0 Å². The fourth-order valence-electron chi connectivity index (χ4n) is 1.64. The third kappa shape index (κ3) is 3.30. The Kier molecular flexibility index (Phi) is 4.70. The Morgan fingerprint density at radius 3 is 2.47 bits per heavy atom. The summed E-state index contributed by atoms with van der Waals surface area (Å²) in [6.45, 7) is 8.05. The first-order valence-corrected chi connectivity index (χ1v) is 5.99. The van der Waals surface area contributed by atoms with E-state index in [1.165, 1.54) is 0 Å². The highest BCUT2D eigenvalue weighted by Crippen LogP contribution is 2.22. The number of hydrogen-bond acceptors (Lipinski definition) is 3. The molecule has 17 heavy (non-hydrogen) atoms. The molecule has 0 saturated carbocycles. The summed E-state index contributed by atoms with van der Waals surface area (Å²) in [6, 6.07) is 8.06. The molecule has 0 bridgehead atoms. The average molecular weight is 248 g/mol. The van der Waals surface area contributed by atoms with E-state index in [0.717, 1.165) is 27.6 Å². The van der Waals surface area contributed by atoms with Crippen molar-refractivity contribution in [3.8, 4) is 0 Å². The van der Waals surface area contributed by atoms with Crippen LogP contribution in [0.15, 0.2) is 52.7 Å². The van der Waals surface area contributed by atoms with Gasteiger partial charge in [-0.3, -0.25) is 0 Å². The molecule has 0 radical (unpaired) electrons. The van der Waals surface area contributed by atoms with Crippen LogP contribution in [0.2, 0.25) is 0 Å². The molecule has 2 nitrogen and oxygen atoms in total. The van der Waals surface area contributed by atoms with E-state index >= 15 is 0 Å². The van der Waals surface area contributed by atoms with E-state index in [0.29, 0.717) is 0 Å². The van der Waals surface area contributed by atoms with Crippen LogP contribution < -0.4 is 10.2 Å². The minimum absolute atomic E-state index is 0.956. The Morgan fingerprint density at radius 1 is 1.35 bits per heavy atom. The Morgan fingerprint density at radius 2 is 2.00 bits per heavy atom. The van der Waals surface area contributed by atoms with Crippen molar-refractivity contribution in [2.24, 2.45) is 0 Å². The van der Waals surface area contributed by atoms with E-state index in [-0.39, 0.29) is 0 Å². The molecule has 0 aromatic heterocycles. The maximum atomic E-state index is 4.36. The average Bonchev–Trinajstić information content (AvgIpc) is 2.29. The van der Waals surface area contributed by atoms with Crippen molar-refractivity contribution >= 4 is 18.3 Å². The Hall–Kier alpha value is -1.35. The molecule has 0 atom stereocenters. The van der Waals surface area contributed by atoms with Crippen LogP contribution >= 0.6 is 12.6 Å². The molecule has 0 aliphatic rings. The Balaban J connectivity index is 3.14. The summed E-state index contributed by atoms with van der Waals surface area (Å²) < 4.78 is 0. The van der Waals surface area contributed by atoms with Crippen LogP contribution in [0.3, 0.4) is 0 Å². The van der Waals surface area contributed by atoms with E-state index in [1.807, 2.05) is 39.2 Å². The molecule has 1 N–H and O–H groups in total. The number of rotatable bonds is 4. The van der Waals surface area contributed by atoms with Crippen LogP contribution in [0.5, 0.6) is 0 Å². The molecule has 1 rings (SSSR count). The van der Waals surface area contributed by atoms with E-state index in [4.69, 9.17) is 0 Å². The molecule has 0 spiro atoms. The topological polar surface area (TPSA) is 15.3 Å². The lowest BCUT2D eigenvalue weighted by Gasteiger charge is -2.25. The minimum Gasteiger partial charge on any atom is -0.374 e. The van der Waals surface area contributed by atoms with Crippen molar-refractivity contribution in [2.45, 2.75) is 18.7 Å². The first-order chi connectivity index (χ1) is 7.97. The standard InChI is InChI=1S/C14H20N2S/c1-10(2)11(3)14(15-4)16(5)12-7-6-8-13(17)9-12/h6-9,15,17H,1H2,2-5H3/b14-11-. The second-order valence-corrected chi connectivity index (χ2v) is 4.60.